The molecule has 8 nitrogen and oxygen atoms in total. The fraction of sp³-hybridized carbons (Fsp3) is 0.897. The molecule has 0 aromatic carbocycles. The van der Waals surface area contributed by atoms with Gasteiger partial charge in [-0.05, 0) is 37.5 Å². The smallest absolute Gasteiger partial charge is 0.306 e. The molecule has 0 unspecified atom stereocenters. The van der Waals surface area contributed by atoms with Crippen LogP contribution in [0.15, 0.2) is 12.2 Å². The largest absolute Gasteiger partial charge is 0.462 e. The zero-order chi connectivity index (χ0) is 34.7. The van der Waals surface area contributed by atoms with Gasteiger partial charge in [0, 0.05) is 25.2 Å². The van der Waals surface area contributed by atoms with Crippen molar-refractivity contribution < 1.29 is 39.5 Å². The minimum absolute atomic E-state index is 0.0360. The number of hydrogen-bond donors (Lipinski definition) is 4. The Kier molecular flexibility index (Phi) is 26.3. The van der Waals surface area contributed by atoms with Crippen LogP contribution in [0.2, 0.25) is 0 Å². The van der Waals surface area contributed by atoms with E-state index in [4.69, 9.17) is 9.47 Å². The summed E-state index contributed by atoms with van der Waals surface area (Å²) in [4.78, 5) is 24.4. The monoisotopic (exact) mass is 669 g/mol. The molecule has 8 heteroatoms. The second-order valence-electron chi connectivity index (χ2n) is 14.5. The zero-order valence-corrected chi connectivity index (χ0v) is 30.3. The minimum Gasteiger partial charge on any atom is -0.462 e. The van der Waals surface area contributed by atoms with Gasteiger partial charge in [0.25, 0.3) is 0 Å². The van der Waals surface area contributed by atoms with Gasteiger partial charge in [-0.1, -0.05) is 136 Å². The van der Waals surface area contributed by atoms with Crippen LogP contribution in [0.3, 0.4) is 0 Å². The van der Waals surface area contributed by atoms with E-state index >= 15 is 0 Å². The number of rotatable bonds is 30. The van der Waals surface area contributed by atoms with Crippen LogP contribution >= 0.6 is 0 Å². The van der Waals surface area contributed by atoms with Gasteiger partial charge < -0.3 is 29.9 Å². The third-order valence-corrected chi connectivity index (χ3v) is 9.59. The van der Waals surface area contributed by atoms with Crippen LogP contribution in [0.4, 0.5) is 0 Å². The lowest BCUT2D eigenvalue weighted by Gasteiger charge is -2.21. The van der Waals surface area contributed by atoms with E-state index in [-0.39, 0.29) is 30.8 Å². The van der Waals surface area contributed by atoms with Crippen molar-refractivity contribution in [2.24, 2.45) is 17.8 Å². The predicted octanol–water partition coefficient (Wildman–Crippen LogP) is 7.97. The molecular weight excluding hydrogens is 596 g/mol. The Hall–Kier alpha value is -1.48. The van der Waals surface area contributed by atoms with Crippen molar-refractivity contribution >= 4 is 11.9 Å². The first-order valence-corrected chi connectivity index (χ1v) is 19.4. The van der Waals surface area contributed by atoms with Gasteiger partial charge in [0.1, 0.15) is 6.61 Å². The van der Waals surface area contributed by atoms with Crippen LogP contribution in [0, 0.1) is 17.8 Å². The number of hydrogen-bond acceptors (Lipinski definition) is 8. The van der Waals surface area contributed by atoms with Crippen molar-refractivity contribution in [1.29, 1.82) is 0 Å². The maximum absolute atomic E-state index is 12.3. The lowest BCUT2D eigenvalue weighted by atomic mass is 9.88. The Balaban J connectivity index is 2.10. The molecule has 0 aliphatic heterocycles. The van der Waals surface area contributed by atoms with Crippen molar-refractivity contribution in [2.75, 3.05) is 13.2 Å². The van der Waals surface area contributed by atoms with Gasteiger partial charge in [-0.25, -0.2) is 0 Å². The van der Waals surface area contributed by atoms with E-state index in [1.807, 2.05) is 6.08 Å². The SMILES string of the molecule is CCCCC[C@H](O)/C=C/[C@@H]1[C@@H](CCCCCCC(=O)O[C@@H](CO)COC(=O)CCCCCCCCCCCCC(C)C)[C@@H](O)C[C@H]1O. The molecule has 1 saturated carbocycles. The van der Waals surface area contributed by atoms with Crippen molar-refractivity contribution in [2.45, 2.75) is 193 Å². The van der Waals surface area contributed by atoms with Crippen molar-refractivity contribution in [3.8, 4) is 0 Å². The Labute approximate surface area is 287 Å². The maximum atomic E-state index is 12.3. The summed E-state index contributed by atoms with van der Waals surface area (Å²) < 4.78 is 10.6. The van der Waals surface area contributed by atoms with E-state index < -0.39 is 37.0 Å². The molecule has 4 N–H and O–H groups in total. The number of unbranched alkanes of at least 4 members (excludes halogenated alkanes) is 14. The van der Waals surface area contributed by atoms with Crippen LogP contribution in [0.25, 0.3) is 0 Å². The van der Waals surface area contributed by atoms with Crippen LogP contribution in [0.1, 0.15) is 168 Å². The van der Waals surface area contributed by atoms with Gasteiger partial charge in [-0.15, -0.1) is 0 Å². The molecular formula is C39H72O8. The number of carbonyl (C=O) groups is 2. The topological polar surface area (TPSA) is 134 Å². The molecule has 0 aromatic heterocycles. The molecule has 0 amide bonds. The van der Waals surface area contributed by atoms with Crippen molar-refractivity contribution in [1.82, 2.24) is 0 Å². The summed E-state index contributed by atoms with van der Waals surface area (Å²) in [6, 6.07) is 0. The van der Waals surface area contributed by atoms with E-state index in [2.05, 4.69) is 20.8 Å². The fourth-order valence-corrected chi connectivity index (χ4v) is 6.60. The van der Waals surface area contributed by atoms with Gasteiger partial charge >= 0.3 is 11.9 Å². The van der Waals surface area contributed by atoms with Crippen molar-refractivity contribution in [3.05, 3.63) is 12.2 Å². The predicted molar refractivity (Wildman–Crippen MR) is 189 cm³/mol. The van der Waals surface area contributed by atoms with E-state index in [9.17, 15) is 30.0 Å². The molecule has 1 rings (SSSR count). The average Bonchev–Trinajstić information content (AvgIpc) is 3.31. The van der Waals surface area contributed by atoms with Gasteiger partial charge in [0.2, 0.25) is 0 Å². The molecule has 276 valence electrons. The van der Waals surface area contributed by atoms with Gasteiger partial charge in [-0.2, -0.15) is 0 Å². The van der Waals surface area contributed by atoms with Crippen LogP contribution in [-0.2, 0) is 19.1 Å². The summed E-state index contributed by atoms with van der Waals surface area (Å²) in [5.41, 5.74) is 0. The lowest BCUT2D eigenvalue weighted by molar-refractivity contribution is -0.161. The second kappa shape index (κ2) is 28.4. The zero-order valence-electron chi connectivity index (χ0n) is 30.3. The highest BCUT2D eigenvalue weighted by Gasteiger charge is 2.39. The third-order valence-electron chi connectivity index (χ3n) is 9.59. The van der Waals surface area contributed by atoms with Crippen LogP contribution < -0.4 is 0 Å². The van der Waals surface area contributed by atoms with E-state index in [1.54, 1.807) is 6.08 Å². The summed E-state index contributed by atoms with van der Waals surface area (Å²) in [5, 5.41) is 40.7. The first kappa shape index (κ1) is 43.5. The number of aliphatic hydroxyl groups is 4. The van der Waals surface area contributed by atoms with Gasteiger partial charge in [0.15, 0.2) is 6.10 Å². The summed E-state index contributed by atoms with van der Waals surface area (Å²) >= 11 is 0. The Bertz CT molecular complexity index is 800. The highest BCUT2D eigenvalue weighted by molar-refractivity contribution is 5.70. The Morgan fingerprint density at radius 1 is 0.745 bits per heavy atom. The number of ether oxygens (including phenoxy) is 2. The standard InChI is InChI=1S/C39H72O8/c1-4-5-16-22-32(41)26-27-35-34(36(42)28-37(35)43)23-18-14-15-20-25-39(45)47-33(29-40)30-46-38(44)24-19-13-11-9-7-6-8-10-12-17-21-31(2)3/h26-27,31-37,40-43H,4-25,28-30H2,1-3H3/b27-26+/t32-,33-,34+,35+,36-,37+/m0/s1. The molecule has 0 spiro atoms. The highest BCUT2D eigenvalue weighted by atomic mass is 16.6. The number of carbonyl (C=O) groups excluding carboxylic acids is 2. The molecule has 0 saturated heterocycles. The first-order valence-electron chi connectivity index (χ1n) is 19.4. The first-order chi connectivity index (χ1) is 22.7. The summed E-state index contributed by atoms with van der Waals surface area (Å²) in [7, 11) is 0. The lowest BCUT2D eigenvalue weighted by Crippen LogP contribution is -2.28. The van der Waals surface area contributed by atoms with E-state index in [0.29, 0.717) is 25.7 Å². The van der Waals surface area contributed by atoms with Crippen LogP contribution in [-0.4, -0.2) is 70.0 Å². The molecule has 1 fully saturated rings. The van der Waals surface area contributed by atoms with E-state index in [0.717, 1.165) is 70.1 Å². The highest BCUT2D eigenvalue weighted by Crippen LogP contribution is 2.37. The number of aliphatic hydroxyl groups excluding tert-OH is 4. The molecule has 0 radical (unpaired) electrons. The molecule has 47 heavy (non-hydrogen) atoms. The Morgan fingerprint density at radius 2 is 1.30 bits per heavy atom. The quantitative estimate of drug-likeness (QED) is 0.0344. The maximum Gasteiger partial charge on any atom is 0.306 e. The minimum atomic E-state index is -0.845. The third kappa shape index (κ3) is 22.7. The fourth-order valence-electron chi connectivity index (χ4n) is 6.60. The summed E-state index contributed by atoms with van der Waals surface area (Å²) in [6.45, 7) is 6.18. The normalized spacial score (nSPS) is 21.0. The second-order valence-corrected chi connectivity index (χ2v) is 14.5. The summed E-state index contributed by atoms with van der Waals surface area (Å²) in [5.74, 6) is -0.106. The molecule has 6 atom stereocenters. The molecule has 0 heterocycles. The molecule has 0 aromatic rings. The Morgan fingerprint density at radius 3 is 1.89 bits per heavy atom. The summed E-state index contributed by atoms with van der Waals surface area (Å²) in [6.07, 6.45) is 23.4. The number of esters is 2. The van der Waals surface area contributed by atoms with Crippen LogP contribution in [0.5, 0.6) is 0 Å². The van der Waals surface area contributed by atoms with Crippen molar-refractivity contribution in [3.63, 3.8) is 0 Å². The molecule has 0 bridgehead atoms. The van der Waals surface area contributed by atoms with E-state index in [1.165, 1.54) is 51.4 Å². The van der Waals surface area contributed by atoms with Gasteiger partial charge in [0.05, 0.1) is 24.9 Å². The van der Waals surface area contributed by atoms with Gasteiger partial charge in [-0.3, -0.25) is 9.59 Å². The average molecular weight is 669 g/mol. The molecule has 1 aliphatic rings. The molecule has 1 aliphatic carbocycles.